The van der Waals surface area contributed by atoms with Crippen molar-refractivity contribution in [3.8, 4) is 0 Å². The van der Waals surface area contributed by atoms with Gasteiger partial charge in [-0.15, -0.1) is 5.10 Å². The molecule has 1 unspecified atom stereocenters. The molecule has 1 heterocycles. The average molecular weight is 224 g/mol. The number of nitrogens with zero attached hydrogens (tertiary/aromatic N) is 3. The smallest absolute Gasteiger partial charge is 0.0830 e. The summed E-state index contributed by atoms with van der Waals surface area (Å²) in [4.78, 5) is 0. The fraction of sp³-hybridized carbons (Fsp3) is 0.833. The first-order valence-corrected chi connectivity index (χ1v) is 6.20. The van der Waals surface area contributed by atoms with Gasteiger partial charge in [-0.1, -0.05) is 32.4 Å². The Hall–Kier alpha value is -0.900. The quantitative estimate of drug-likeness (QED) is 0.767. The van der Waals surface area contributed by atoms with E-state index in [1.165, 1.54) is 12.8 Å². The zero-order valence-corrected chi connectivity index (χ0v) is 10.9. The standard InChI is InChI=1S/C12H24N4/c1-5-6-11(8-13-10(2)3)7-12-9-16(4)15-14-12/h9-11,13H,5-8H2,1-4H3. The number of aryl methyl sites for hydroxylation is 1. The van der Waals surface area contributed by atoms with E-state index in [-0.39, 0.29) is 0 Å². The lowest BCUT2D eigenvalue weighted by Gasteiger charge is -2.17. The summed E-state index contributed by atoms with van der Waals surface area (Å²) in [5.41, 5.74) is 1.10. The molecule has 1 aromatic rings. The minimum atomic E-state index is 0.557. The molecule has 1 atom stereocenters. The molecule has 0 aromatic carbocycles. The van der Waals surface area contributed by atoms with Crippen LogP contribution in [0.25, 0.3) is 0 Å². The first-order chi connectivity index (χ1) is 7.61. The topological polar surface area (TPSA) is 42.7 Å². The van der Waals surface area contributed by atoms with Crippen LogP contribution >= 0.6 is 0 Å². The first-order valence-electron chi connectivity index (χ1n) is 6.20. The molecule has 0 aliphatic carbocycles. The van der Waals surface area contributed by atoms with Crippen molar-refractivity contribution in [3.63, 3.8) is 0 Å². The highest BCUT2D eigenvalue weighted by molar-refractivity contribution is 4.94. The highest BCUT2D eigenvalue weighted by Gasteiger charge is 2.11. The van der Waals surface area contributed by atoms with E-state index in [0.29, 0.717) is 12.0 Å². The van der Waals surface area contributed by atoms with Gasteiger partial charge < -0.3 is 5.32 Å². The van der Waals surface area contributed by atoms with Gasteiger partial charge in [0.1, 0.15) is 0 Å². The Balaban J connectivity index is 2.43. The van der Waals surface area contributed by atoms with Gasteiger partial charge in [-0.2, -0.15) is 0 Å². The van der Waals surface area contributed by atoms with E-state index in [2.05, 4.69) is 36.4 Å². The zero-order valence-electron chi connectivity index (χ0n) is 10.9. The Morgan fingerprint density at radius 1 is 1.44 bits per heavy atom. The van der Waals surface area contributed by atoms with E-state index in [4.69, 9.17) is 0 Å². The second-order valence-corrected chi connectivity index (χ2v) is 4.81. The molecule has 0 saturated heterocycles. The Kier molecular flexibility index (Phi) is 5.46. The Morgan fingerprint density at radius 3 is 2.69 bits per heavy atom. The van der Waals surface area contributed by atoms with Crippen LogP contribution in [0.4, 0.5) is 0 Å². The number of hydrogen-bond donors (Lipinski definition) is 1. The van der Waals surface area contributed by atoms with E-state index < -0.39 is 0 Å². The number of nitrogens with one attached hydrogen (secondary N) is 1. The highest BCUT2D eigenvalue weighted by Crippen LogP contribution is 2.11. The maximum absolute atomic E-state index is 4.15. The van der Waals surface area contributed by atoms with Crippen LogP contribution in [-0.2, 0) is 13.5 Å². The molecule has 0 fully saturated rings. The summed E-state index contributed by atoms with van der Waals surface area (Å²) in [5, 5.41) is 11.6. The monoisotopic (exact) mass is 224 g/mol. The van der Waals surface area contributed by atoms with Gasteiger partial charge in [-0.3, -0.25) is 4.68 Å². The van der Waals surface area contributed by atoms with Crippen molar-refractivity contribution in [1.82, 2.24) is 20.3 Å². The van der Waals surface area contributed by atoms with E-state index in [1.807, 2.05) is 13.2 Å². The van der Waals surface area contributed by atoms with Crippen LogP contribution in [0.5, 0.6) is 0 Å². The van der Waals surface area contributed by atoms with Crippen LogP contribution in [0.15, 0.2) is 6.20 Å². The van der Waals surface area contributed by atoms with Gasteiger partial charge in [-0.25, -0.2) is 0 Å². The van der Waals surface area contributed by atoms with E-state index in [1.54, 1.807) is 4.68 Å². The summed E-state index contributed by atoms with van der Waals surface area (Å²) >= 11 is 0. The minimum Gasteiger partial charge on any atom is -0.314 e. The third kappa shape index (κ3) is 4.75. The van der Waals surface area contributed by atoms with Gasteiger partial charge in [0.15, 0.2) is 0 Å². The predicted molar refractivity (Wildman–Crippen MR) is 66.2 cm³/mol. The van der Waals surface area contributed by atoms with Crippen molar-refractivity contribution in [2.75, 3.05) is 6.54 Å². The van der Waals surface area contributed by atoms with Gasteiger partial charge >= 0.3 is 0 Å². The number of rotatable bonds is 7. The molecule has 0 saturated carbocycles. The maximum atomic E-state index is 4.15. The average Bonchev–Trinajstić information content (AvgIpc) is 2.61. The molecule has 16 heavy (non-hydrogen) atoms. The minimum absolute atomic E-state index is 0.557. The molecule has 1 rings (SSSR count). The fourth-order valence-corrected chi connectivity index (χ4v) is 1.87. The van der Waals surface area contributed by atoms with Gasteiger partial charge in [0.05, 0.1) is 5.69 Å². The van der Waals surface area contributed by atoms with E-state index in [9.17, 15) is 0 Å². The molecule has 1 aromatic heterocycles. The van der Waals surface area contributed by atoms with Gasteiger partial charge in [0.2, 0.25) is 0 Å². The molecule has 4 heteroatoms. The molecular weight excluding hydrogens is 200 g/mol. The first kappa shape index (κ1) is 13.2. The van der Waals surface area contributed by atoms with Crippen molar-refractivity contribution in [3.05, 3.63) is 11.9 Å². The van der Waals surface area contributed by atoms with Gasteiger partial charge in [0, 0.05) is 19.3 Å². The lowest BCUT2D eigenvalue weighted by Crippen LogP contribution is -2.30. The Bertz CT molecular complexity index is 293. The van der Waals surface area contributed by atoms with Crippen molar-refractivity contribution in [2.45, 2.75) is 46.1 Å². The van der Waals surface area contributed by atoms with Crippen LogP contribution in [-0.4, -0.2) is 27.6 Å². The predicted octanol–water partition coefficient (Wildman–Crippen LogP) is 1.77. The SMILES string of the molecule is CCCC(CNC(C)C)Cc1cn(C)nn1. The summed E-state index contributed by atoms with van der Waals surface area (Å²) in [5.74, 6) is 0.670. The lowest BCUT2D eigenvalue weighted by atomic mass is 9.98. The van der Waals surface area contributed by atoms with Crippen LogP contribution in [0.2, 0.25) is 0 Å². The summed E-state index contributed by atoms with van der Waals surface area (Å²) in [6.07, 6.45) is 5.51. The van der Waals surface area contributed by atoms with Gasteiger partial charge in [0.25, 0.3) is 0 Å². The molecular formula is C12H24N4. The third-order valence-corrected chi connectivity index (χ3v) is 2.66. The molecule has 4 nitrogen and oxygen atoms in total. The van der Waals surface area contributed by atoms with Crippen molar-refractivity contribution in [1.29, 1.82) is 0 Å². The van der Waals surface area contributed by atoms with Crippen molar-refractivity contribution in [2.24, 2.45) is 13.0 Å². The molecule has 0 spiro atoms. The molecule has 0 aliphatic heterocycles. The lowest BCUT2D eigenvalue weighted by molar-refractivity contribution is 0.415. The summed E-state index contributed by atoms with van der Waals surface area (Å²) < 4.78 is 1.77. The van der Waals surface area contributed by atoms with Crippen LogP contribution in [0, 0.1) is 5.92 Å². The van der Waals surface area contributed by atoms with Crippen LogP contribution < -0.4 is 5.32 Å². The molecule has 0 amide bonds. The summed E-state index contributed by atoms with van der Waals surface area (Å²) in [6.45, 7) is 7.68. The highest BCUT2D eigenvalue weighted by atomic mass is 15.4. The normalized spacial score (nSPS) is 13.3. The van der Waals surface area contributed by atoms with Crippen molar-refractivity contribution < 1.29 is 0 Å². The maximum Gasteiger partial charge on any atom is 0.0830 e. The van der Waals surface area contributed by atoms with Crippen LogP contribution in [0.3, 0.4) is 0 Å². The molecule has 0 aliphatic rings. The molecule has 0 bridgehead atoms. The van der Waals surface area contributed by atoms with E-state index >= 15 is 0 Å². The largest absolute Gasteiger partial charge is 0.314 e. The summed E-state index contributed by atoms with van der Waals surface area (Å²) in [6, 6.07) is 0.557. The second kappa shape index (κ2) is 6.63. The van der Waals surface area contributed by atoms with Gasteiger partial charge in [-0.05, 0) is 25.3 Å². The fourth-order valence-electron chi connectivity index (χ4n) is 1.87. The van der Waals surface area contributed by atoms with E-state index in [0.717, 1.165) is 18.7 Å². The Morgan fingerprint density at radius 2 is 2.19 bits per heavy atom. The zero-order chi connectivity index (χ0) is 12.0. The molecule has 1 N–H and O–H groups in total. The second-order valence-electron chi connectivity index (χ2n) is 4.81. The third-order valence-electron chi connectivity index (χ3n) is 2.66. The Labute approximate surface area is 98.4 Å². The van der Waals surface area contributed by atoms with Crippen molar-refractivity contribution >= 4 is 0 Å². The summed E-state index contributed by atoms with van der Waals surface area (Å²) in [7, 11) is 1.91. The van der Waals surface area contributed by atoms with Crippen LogP contribution in [0.1, 0.15) is 39.3 Å². The molecule has 92 valence electrons. The molecule has 0 radical (unpaired) electrons. The number of aromatic nitrogens is 3. The number of hydrogen-bond acceptors (Lipinski definition) is 3.